The molecule has 0 saturated heterocycles. The molecule has 32 heavy (non-hydrogen) atoms. The van der Waals surface area contributed by atoms with Crippen molar-refractivity contribution in [2.75, 3.05) is 38.0 Å². The molecule has 5 aromatic rings. The molecule has 0 aliphatic carbocycles. The fourth-order valence-electron chi connectivity index (χ4n) is 4.23. The zero-order valence-electron chi connectivity index (χ0n) is 19.5. The average molecular weight is 425 g/mol. The van der Waals surface area contributed by atoms with E-state index in [0.717, 1.165) is 44.8 Å². The predicted octanol–water partition coefficient (Wildman–Crippen LogP) is 4.93. The van der Waals surface area contributed by atoms with Crippen molar-refractivity contribution < 1.29 is 0 Å². The van der Waals surface area contributed by atoms with E-state index >= 15 is 0 Å². The predicted molar refractivity (Wildman–Crippen MR) is 135 cm³/mol. The van der Waals surface area contributed by atoms with Crippen molar-refractivity contribution >= 4 is 33.7 Å². The number of aromatic nitrogens is 4. The van der Waals surface area contributed by atoms with Gasteiger partial charge >= 0.3 is 0 Å². The summed E-state index contributed by atoms with van der Waals surface area (Å²) in [7, 11) is 12.3. The van der Waals surface area contributed by atoms with Crippen molar-refractivity contribution in [1.29, 1.82) is 0 Å². The molecule has 5 rings (SSSR count). The van der Waals surface area contributed by atoms with E-state index in [9.17, 15) is 0 Å². The van der Waals surface area contributed by atoms with E-state index in [4.69, 9.17) is 9.97 Å². The summed E-state index contributed by atoms with van der Waals surface area (Å²) in [5.41, 5.74) is 10.5. The molecule has 3 heterocycles. The maximum atomic E-state index is 4.99. The van der Waals surface area contributed by atoms with Gasteiger partial charge in [0.2, 0.25) is 0 Å². The number of nitrogens with zero attached hydrogens (tertiary/aromatic N) is 6. The van der Waals surface area contributed by atoms with E-state index in [-0.39, 0.29) is 0 Å². The lowest BCUT2D eigenvalue weighted by atomic mass is 10.1. The van der Waals surface area contributed by atoms with Crippen LogP contribution in [0.5, 0.6) is 0 Å². The molecule has 0 aliphatic rings. The van der Waals surface area contributed by atoms with Crippen LogP contribution in [0.25, 0.3) is 44.8 Å². The second-order valence-corrected chi connectivity index (χ2v) is 8.70. The van der Waals surface area contributed by atoms with Crippen LogP contribution in [0.1, 0.15) is 0 Å². The SMILES string of the molecule is CN(C)c1ccc(-c2cc3nc4c(cc(-c5ccc(N(C)C)cc5)n4C)nc3n2C)cc1. The van der Waals surface area contributed by atoms with Gasteiger partial charge < -0.3 is 18.9 Å². The minimum absolute atomic E-state index is 0.893. The molecule has 0 bridgehead atoms. The molecule has 0 N–H and O–H groups in total. The second-order valence-electron chi connectivity index (χ2n) is 8.70. The number of fused-ring (bicyclic) bond motifs is 2. The van der Waals surface area contributed by atoms with Crippen LogP contribution < -0.4 is 9.80 Å². The summed E-state index contributed by atoms with van der Waals surface area (Å²) < 4.78 is 4.26. The van der Waals surface area contributed by atoms with Crippen LogP contribution in [-0.2, 0) is 14.1 Å². The second kappa shape index (κ2) is 7.41. The number of hydrogen-bond donors (Lipinski definition) is 0. The highest BCUT2D eigenvalue weighted by Crippen LogP contribution is 2.31. The van der Waals surface area contributed by atoms with Crippen molar-refractivity contribution in [3.8, 4) is 22.5 Å². The highest BCUT2D eigenvalue weighted by molar-refractivity contribution is 5.90. The zero-order chi connectivity index (χ0) is 22.6. The Morgan fingerprint density at radius 3 is 1.22 bits per heavy atom. The molecule has 0 amide bonds. The van der Waals surface area contributed by atoms with Crippen LogP contribution in [0.4, 0.5) is 11.4 Å². The highest BCUT2D eigenvalue weighted by atomic mass is 15.1. The lowest BCUT2D eigenvalue weighted by Gasteiger charge is -2.12. The average Bonchev–Trinajstić information content (AvgIpc) is 3.29. The molecule has 0 radical (unpaired) electrons. The summed E-state index contributed by atoms with van der Waals surface area (Å²) in [5.74, 6) is 0. The van der Waals surface area contributed by atoms with E-state index in [2.05, 4.69) is 122 Å². The highest BCUT2D eigenvalue weighted by Gasteiger charge is 2.16. The number of anilines is 2. The Morgan fingerprint density at radius 2 is 0.906 bits per heavy atom. The Labute approximate surface area is 188 Å². The normalized spacial score (nSPS) is 11.4. The Hall–Kier alpha value is -3.80. The first-order valence-corrected chi connectivity index (χ1v) is 10.7. The minimum Gasteiger partial charge on any atom is -0.378 e. The van der Waals surface area contributed by atoms with Gasteiger partial charge in [-0.25, -0.2) is 9.97 Å². The van der Waals surface area contributed by atoms with E-state index in [1.165, 1.54) is 11.4 Å². The van der Waals surface area contributed by atoms with Gasteiger partial charge in [-0.05, 0) is 47.5 Å². The van der Waals surface area contributed by atoms with Crippen LogP contribution in [-0.4, -0.2) is 47.3 Å². The van der Waals surface area contributed by atoms with Crippen LogP contribution in [0.2, 0.25) is 0 Å². The first-order valence-electron chi connectivity index (χ1n) is 10.7. The third kappa shape index (κ3) is 3.19. The molecule has 0 atom stereocenters. The van der Waals surface area contributed by atoms with Gasteiger partial charge in [-0.15, -0.1) is 0 Å². The maximum absolute atomic E-state index is 4.99. The molecule has 0 spiro atoms. The molecule has 0 unspecified atom stereocenters. The summed E-state index contributed by atoms with van der Waals surface area (Å²) in [6.07, 6.45) is 0. The molecule has 2 aromatic carbocycles. The first-order chi connectivity index (χ1) is 15.3. The lowest BCUT2D eigenvalue weighted by molar-refractivity contribution is 0.948. The number of rotatable bonds is 4. The van der Waals surface area contributed by atoms with Gasteiger partial charge in [0.25, 0.3) is 0 Å². The van der Waals surface area contributed by atoms with Crippen molar-refractivity contribution in [1.82, 2.24) is 19.1 Å². The molecule has 0 fully saturated rings. The smallest absolute Gasteiger partial charge is 0.159 e. The van der Waals surface area contributed by atoms with Gasteiger partial charge in [0.1, 0.15) is 11.0 Å². The van der Waals surface area contributed by atoms with Gasteiger partial charge in [-0.1, -0.05) is 24.3 Å². The van der Waals surface area contributed by atoms with Gasteiger partial charge in [0.15, 0.2) is 11.3 Å². The fraction of sp³-hybridized carbons (Fsp3) is 0.231. The summed E-state index contributed by atoms with van der Waals surface area (Å²) in [6.45, 7) is 0. The van der Waals surface area contributed by atoms with Crippen LogP contribution in [0.15, 0.2) is 60.7 Å². The van der Waals surface area contributed by atoms with Gasteiger partial charge in [0.05, 0.1) is 11.4 Å². The Bertz CT molecular complexity index is 1310. The molecular formula is C26H28N6. The Kier molecular flexibility index (Phi) is 4.66. The Morgan fingerprint density at radius 1 is 0.562 bits per heavy atom. The van der Waals surface area contributed by atoms with Gasteiger partial charge in [-0.2, -0.15) is 0 Å². The third-order valence-electron chi connectivity index (χ3n) is 6.17. The van der Waals surface area contributed by atoms with Crippen LogP contribution >= 0.6 is 0 Å². The van der Waals surface area contributed by atoms with Gasteiger partial charge in [-0.3, -0.25) is 0 Å². The largest absolute Gasteiger partial charge is 0.378 e. The number of benzene rings is 2. The summed E-state index contributed by atoms with van der Waals surface area (Å²) in [5, 5.41) is 0. The first kappa shape index (κ1) is 20.1. The summed E-state index contributed by atoms with van der Waals surface area (Å²) in [6, 6.07) is 21.4. The third-order valence-corrected chi connectivity index (χ3v) is 6.17. The maximum Gasteiger partial charge on any atom is 0.159 e. The molecule has 6 heteroatoms. The quantitative estimate of drug-likeness (QED) is 0.410. The lowest BCUT2D eigenvalue weighted by Crippen LogP contribution is -2.08. The van der Waals surface area contributed by atoms with Gasteiger partial charge in [0, 0.05) is 53.7 Å². The number of aryl methyl sites for hydroxylation is 2. The Balaban J connectivity index is 1.59. The molecule has 162 valence electrons. The number of hydrogen-bond acceptors (Lipinski definition) is 4. The molecule has 3 aromatic heterocycles. The zero-order valence-corrected chi connectivity index (χ0v) is 19.5. The van der Waals surface area contributed by atoms with E-state index in [0.29, 0.717) is 0 Å². The monoisotopic (exact) mass is 424 g/mol. The van der Waals surface area contributed by atoms with Crippen molar-refractivity contribution in [2.45, 2.75) is 0 Å². The van der Waals surface area contributed by atoms with E-state index in [1.54, 1.807) is 0 Å². The summed E-state index contributed by atoms with van der Waals surface area (Å²) in [4.78, 5) is 14.2. The van der Waals surface area contributed by atoms with Crippen molar-refractivity contribution in [3.63, 3.8) is 0 Å². The van der Waals surface area contributed by atoms with Crippen LogP contribution in [0.3, 0.4) is 0 Å². The molecule has 6 nitrogen and oxygen atoms in total. The topological polar surface area (TPSA) is 42.1 Å². The standard InChI is InChI=1S/C26H28N6/c1-29(2)19-11-7-17(8-12-19)23-15-21-25(31(23)5)28-22-16-24(32(6)26(22)27-21)18-9-13-20(14-10-18)30(3)4/h7-16H,1-6H3. The molecule has 0 aliphatic heterocycles. The van der Waals surface area contributed by atoms with E-state index in [1.807, 2.05) is 0 Å². The van der Waals surface area contributed by atoms with Crippen molar-refractivity contribution in [2.24, 2.45) is 14.1 Å². The van der Waals surface area contributed by atoms with Crippen LogP contribution in [0, 0.1) is 0 Å². The molecule has 0 saturated carbocycles. The fourth-order valence-corrected chi connectivity index (χ4v) is 4.23. The van der Waals surface area contributed by atoms with E-state index < -0.39 is 0 Å². The summed E-state index contributed by atoms with van der Waals surface area (Å²) >= 11 is 0. The molecular weight excluding hydrogens is 396 g/mol. The minimum atomic E-state index is 0.893. The van der Waals surface area contributed by atoms with Crippen molar-refractivity contribution in [3.05, 3.63) is 60.7 Å².